The van der Waals surface area contributed by atoms with Gasteiger partial charge in [0.25, 0.3) is 0 Å². The number of ether oxygens (including phenoxy) is 2. The Kier molecular flexibility index (Phi) is 5.68. The van der Waals surface area contributed by atoms with E-state index in [0.29, 0.717) is 19.1 Å². The highest BCUT2D eigenvalue weighted by Crippen LogP contribution is 2.24. The topological polar surface area (TPSA) is 18.5 Å². The predicted octanol–water partition coefficient (Wildman–Crippen LogP) is 4.97. The second-order valence-corrected chi connectivity index (χ2v) is 5.54. The van der Waals surface area contributed by atoms with Gasteiger partial charge in [0.2, 0.25) is 0 Å². The van der Waals surface area contributed by atoms with Crippen molar-refractivity contribution in [2.45, 2.75) is 33.1 Å². The van der Waals surface area contributed by atoms with Crippen LogP contribution in [0.2, 0.25) is 0 Å². The molecule has 0 aliphatic rings. The summed E-state index contributed by atoms with van der Waals surface area (Å²) in [5.74, 6) is 2.42. The average molecular weight is 284 g/mol. The van der Waals surface area contributed by atoms with Gasteiger partial charge in [-0.3, -0.25) is 0 Å². The summed E-state index contributed by atoms with van der Waals surface area (Å²) in [4.78, 5) is 0. The first-order valence-electron chi connectivity index (χ1n) is 7.58. The van der Waals surface area contributed by atoms with Gasteiger partial charge in [-0.05, 0) is 42.2 Å². The summed E-state index contributed by atoms with van der Waals surface area (Å²) in [6.07, 6.45) is 0.875. The van der Waals surface area contributed by atoms with Crippen molar-refractivity contribution in [3.63, 3.8) is 0 Å². The number of para-hydroxylation sites is 1. The maximum atomic E-state index is 5.89. The van der Waals surface area contributed by atoms with E-state index >= 15 is 0 Å². The smallest absolute Gasteiger partial charge is 0.122 e. The van der Waals surface area contributed by atoms with Crippen LogP contribution < -0.4 is 9.47 Å². The fourth-order valence-corrected chi connectivity index (χ4v) is 2.08. The van der Waals surface area contributed by atoms with Gasteiger partial charge in [-0.15, -0.1) is 0 Å². The molecule has 0 saturated heterocycles. The second kappa shape index (κ2) is 7.72. The third-order valence-electron chi connectivity index (χ3n) is 3.44. The van der Waals surface area contributed by atoms with Crippen molar-refractivity contribution in [2.24, 2.45) is 0 Å². The van der Waals surface area contributed by atoms with Crippen LogP contribution in [0.3, 0.4) is 0 Å². The first-order valence-corrected chi connectivity index (χ1v) is 7.58. The standard InChI is InChI=1S/C19H24O2/c1-15(2)17-11-10-16(3)19(14-17)21-13-7-12-20-18-8-5-4-6-9-18/h4-6,8-11,14-15H,7,12-13H2,1-3H3. The van der Waals surface area contributed by atoms with E-state index in [4.69, 9.17) is 9.47 Å². The quantitative estimate of drug-likeness (QED) is 0.669. The van der Waals surface area contributed by atoms with E-state index in [-0.39, 0.29) is 0 Å². The number of aryl methyl sites for hydroxylation is 1. The summed E-state index contributed by atoms with van der Waals surface area (Å²) < 4.78 is 11.5. The Hall–Kier alpha value is -1.96. The summed E-state index contributed by atoms with van der Waals surface area (Å²) in [7, 11) is 0. The van der Waals surface area contributed by atoms with Crippen LogP contribution in [-0.2, 0) is 0 Å². The summed E-state index contributed by atoms with van der Waals surface area (Å²) in [5, 5.41) is 0. The molecule has 0 saturated carbocycles. The third-order valence-corrected chi connectivity index (χ3v) is 3.44. The normalized spacial score (nSPS) is 10.7. The minimum absolute atomic E-state index is 0.523. The van der Waals surface area contributed by atoms with Crippen LogP contribution in [0, 0.1) is 6.92 Å². The molecule has 0 bridgehead atoms. The van der Waals surface area contributed by atoms with Gasteiger partial charge >= 0.3 is 0 Å². The molecule has 0 aliphatic heterocycles. The van der Waals surface area contributed by atoms with Crippen LogP contribution in [0.1, 0.15) is 37.3 Å². The molecule has 2 heteroatoms. The minimum atomic E-state index is 0.523. The molecule has 21 heavy (non-hydrogen) atoms. The average Bonchev–Trinajstić information content (AvgIpc) is 2.49. The van der Waals surface area contributed by atoms with E-state index < -0.39 is 0 Å². The molecule has 2 aromatic carbocycles. The van der Waals surface area contributed by atoms with E-state index in [1.807, 2.05) is 30.3 Å². The van der Waals surface area contributed by atoms with Gasteiger partial charge in [0.15, 0.2) is 0 Å². The zero-order valence-corrected chi connectivity index (χ0v) is 13.1. The van der Waals surface area contributed by atoms with Crippen molar-refractivity contribution in [1.82, 2.24) is 0 Å². The maximum absolute atomic E-state index is 5.89. The fraction of sp³-hybridized carbons (Fsp3) is 0.368. The lowest BCUT2D eigenvalue weighted by Crippen LogP contribution is -2.06. The molecule has 0 atom stereocenters. The molecular formula is C19H24O2. The molecule has 0 N–H and O–H groups in total. The SMILES string of the molecule is Cc1ccc(C(C)C)cc1OCCCOc1ccccc1. The maximum Gasteiger partial charge on any atom is 0.122 e. The van der Waals surface area contributed by atoms with Crippen LogP contribution in [0.5, 0.6) is 11.5 Å². The zero-order valence-electron chi connectivity index (χ0n) is 13.1. The molecule has 0 aliphatic carbocycles. The van der Waals surface area contributed by atoms with Crippen molar-refractivity contribution >= 4 is 0 Å². The van der Waals surface area contributed by atoms with E-state index in [1.165, 1.54) is 11.1 Å². The molecular weight excluding hydrogens is 260 g/mol. The molecule has 0 heterocycles. The van der Waals surface area contributed by atoms with Gasteiger partial charge in [-0.25, -0.2) is 0 Å². The number of benzene rings is 2. The van der Waals surface area contributed by atoms with Crippen molar-refractivity contribution in [3.05, 3.63) is 59.7 Å². The van der Waals surface area contributed by atoms with Gasteiger partial charge in [0, 0.05) is 6.42 Å². The molecule has 0 fully saturated rings. The van der Waals surface area contributed by atoms with Gasteiger partial charge in [-0.2, -0.15) is 0 Å². The lowest BCUT2D eigenvalue weighted by molar-refractivity contribution is 0.246. The predicted molar refractivity (Wildman–Crippen MR) is 87.3 cm³/mol. The van der Waals surface area contributed by atoms with Crippen LogP contribution in [0.25, 0.3) is 0 Å². The van der Waals surface area contributed by atoms with Crippen molar-refractivity contribution < 1.29 is 9.47 Å². The number of rotatable bonds is 7. The highest BCUT2D eigenvalue weighted by molar-refractivity contribution is 5.37. The first-order chi connectivity index (χ1) is 10.2. The van der Waals surface area contributed by atoms with Crippen LogP contribution in [0.15, 0.2) is 48.5 Å². The van der Waals surface area contributed by atoms with E-state index in [2.05, 4.69) is 39.0 Å². The Morgan fingerprint density at radius 3 is 2.33 bits per heavy atom. The number of hydrogen-bond donors (Lipinski definition) is 0. The van der Waals surface area contributed by atoms with Crippen LogP contribution >= 0.6 is 0 Å². The Balaban J connectivity index is 1.77. The monoisotopic (exact) mass is 284 g/mol. The second-order valence-electron chi connectivity index (χ2n) is 5.54. The Bertz CT molecular complexity index is 547. The third kappa shape index (κ3) is 4.82. The van der Waals surface area contributed by atoms with Crippen molar-refractivity contribution in [2.75, 3.05) is 13.2 Å². The molecule has 0 spiro atoms. The molecule has 0 unspecified atom stereocenters. The van der Waals surface area contributed by atoms with E-state index in [0.717, 1.165) is 17.9 Å². The van der Waals surface area contributed by atoms with Crippen LogP contribution in [-0.4, -0.2) is 13.2 Å². The number of hydrogen-bond acceptors (Lipinski definition) is 2. The van der Waals surface area contributed by atoms with Crippen molar-refractivity contribution in [3.8, 4) is 11.5 Å². The Morgan fingerprint density at radius 2 is 1.62 bits per heavy atom. The molecule has 2 rings (SSSR count). The molecule has 0 amide bonds. The zero-order chi connectivity index (χ0) is 15.1. The summed E-state index contributed by atoms with van der Waals surface area (Å²) >= 11 is 0. The lowest BCUT2D eigenvalue weighted by Gasteiger charge is -2.13. The minimum Gasteiger partial charge on any atom is -0.493 e. The highest BCUT2D eigenvalue weighted by Gasteiger charge is 2.04. The van der Waals surface area contributed by atoms with Gasteiger partial charge in [0.05, 0.1) is 13.2 Å². The van der Waals surface area contributed by atoms with E-state index in [1.54, 1.807) is 0 Å². The largest absolute Gasteiger partial charge is 0.493 e. The highest BCUT2D eigenvalue weighted by atomic mass is 16.5. The van der Waals surface area contributed by atoms with E-state index in [9.17, 15) is 0 Å². The summed E-state index contributed by atoms with van der Waals surface area (Å²) in [6, 6.07) is 16.3. The fourth-order valence-electron chi connectivity index (χ4n) is 2.08. The van der Waals surface area contributed by atoms with Gasteiger partial charge < -0.3 is 9.47 Å². The Morgan fingerprint density at radius 1 is 0.905 bits per heavy atom. The summed E-state index contributed by atoms with van der Waals surface area (Å²) in [5.41, 5.74) is 2.50. The molecule has 0 aromatic heterocycles. The lowest BCUT2D eigenvalue weighted by atomic mass is 10.0. The van der Waals surface area contributed by atoms with Gasteiger partial charge in [0.1, 0.15) is 11.5 Å². The van der Waals surface area contributed by atoms with Gasteiger partial charge in [-0.1, -0.05) is 44.2 Å². The molecule has 0 radical (unpaired) electrons. The first kappa shape index (κ1) is 15.4. The molecule has 2 nitrogen and oxygen atoms in total. The molecule has 112 valence electrons. The molecule has 2 aromatic rings. The summed E-state index contributed by atoms with van der Waals surface area (Å²) in [6.45, 7) is 7.83. The van der Waals surface area contributed by atoms with Crippen LogP contribution in [0.4, 0.5) is 0 Å². The van der Waals surface area contributed by atoms with Crippen molar-refractivity contribution in [1.29, 1.82) is 0 Å². The Labute approximate surface area is 127 Å².